The van der Waals surface area contributed by atoms with Crippen LogP contribution < -0.4 is 0 Å². The molecule has 0 radical (unpaired) electrons. The van der Waals surface area contributed by atoms with E-state index in [4.69, 9.17) is 4.74 Å². The van der Waals surface area contributed by atoms with Crippen LogP contribution in [0.4, 0.5) is 4.79 Å². The smallest absolute Gasteiger partial charge is 0.409 e. The average Bonchev–Trinajstić information content (AvgIpc) is 2.63. The van der Waals surface area contributed by atoms with Crippen LogP contribution in [-0.2, 0) is 4.74 Å². The first-order chi connectivity index (χ1) is 11.3. The van der Waals surface area contributed by atoms with Crippen molar-refractivity contribution in [2.75, 3.05) is 32.8 Å². The number of hydrogen-bond donors (Lipinski definition) is 0. The van der Waals surface area contributed by atoms with Gasteiger partial charge in [-0.3, -0.25) is 4.90 Å². The van der Waals surface area contributed by atoms with E-state index in [2.05, 4.69) is 14.9 Å². The predicted molar refractivity (Wildman–Crippen MR) is 87.2 cm³/mol. The number of carbonyl (C=O) groups excluding carboxylic acids is 1. The van der Waals surface area contributed by atoms with Crippen molar-refractivity contribution in [1.82, 2.24) is 19.8 Å². The van der Waals surface area contributed by atoms with Crippen LogP contribution in [0.5, 0.6) is 0 Å². The van der Waals surface area contributed by atoms with Crippen molar-refractivity contribution in [3.05, 3.63) is 24.3 Å². The van der Waals surface area contributed by atoms with Crippen molar-refractivity contribution < 1.29 is 9.53 Å². The lowest BCUT2D eigenvalue weighted by molar-refractivity contribution is 0.0648. The van der Waals surface area contributed by atoms with Crippen LogP contribution in [-0.4, -0.2) is 64.7 Å². The predicted octanol–water partition coefficient (Wildman–Crippen LogP) is 2.28. The highest BCUT2D eigenvalue weighted by molar-refractivity contribution is 5.67. The first kappa shape index (κ1) is 16.2. The topological polar surface area (TPSA) is 58.6 Å². The van der Waals surface area contributed by atoms with Gasteiger partial charge in [0, 0.05) is 43.5 Å². The Labute approximate surface area is 137 Å². The summed E-state index contributed by atoms with van der Waals surface area (Å²) >= 11 is 0. The molecule has 2 fully saturated rings. The van der Waals surface area contributed by atoms with Crippen molar-refractivity contribution in [2.45, 2.75) is 44.6 Å². The molecule has 2 aliphatic rings. The lowest BCUT2D eigenvalue weighted by atomic mass is 9.91. The summed E-state index contributed by atoms with van der Waals surface area (Å²) in [5.41, 5.74) is 1.16. The van der Waals surface area contributed by atoms with Gasteiger partial charge in [0.15, 0.2) is 0 Å². The van der Waals surface area contributed by atoms with E-state index in [-0.39, 0.29) is 6.09 Å². The molecule has 0 bridgehead atoms. The van der Waals surface area contributed by atoms with Crippen LogP contribution >= 0.6 is 0 Å². The number of aromatic nitrogens is 2. The van der Waals surface area contributed by atoms with Gasteiger partial charge in [-0.1, -0.05) is 0 Å². The van der Waals surface area contributed by atoms with E-state index in [9.17, 15) is 4.79 Å². The molecule has 126 valence electrons. The minimum atomic E-state index is -0.163. The molecule has 1 aromatic rings. The fraction of sp³-hybridized carbons (Fsp3) is 0.706. The number of nitrogens with zero attached hydrogens (tertiary/aromatic N) is 4. The molecule has 3 rings (SSSR count). The lowest BCUT2D eigenvalue weighted by Crippen LogP contribution is -2.49. The molecule has 6 nitrogen and oxygen atoms in total. The maximum Gasteiger partial charge on any atom is 0.409 e. The normalized spacial score (nSPS) is 23.7. The van der Waals surface area contributed by atoms with Crippen LogP contribution in [0.2, 0.25) is 0 Å². The summed E-state index contributed by atoms with van der Waals surface area (Å²) < 4.78 is 5.10. The summed E-state index contributed by atoms with van der Waals surface area (Å²) in [6, 6.07) is 2.61. The molecule has 0 aromatic carbocycles. The summed E-state index contributed by atoms with van der Waals surface area (Å²) in [4.78, 5) is 24.7. The van der Waals surface area contributed by atoms with Crippen molar-refractivity contribution in [2.24, 2.45) is 0 Å². The third-order valence-corrected chi connectivity index (χ3v) is 4.98. The quantitative estimate of drug-likeness (QED) is 0.856. The second kappa shape index (κ2) is 7.73. The molecule has 1 aromatic heterocycles. The molecule has 0 aliphatic carbocycles. The molecule has 2 saturated heterocycles. The molecule has 23 heavy (non-hydrogen) atoms. The molecule has 0 N–H and O–H groups in total. The Bertz CT molecular complexity index is 503. The zero-order valence-electron chi connectivity index (χ0n) is 13.9. The van der Waals surface area contributed by atoms with Gasteiger partial charge in [-0.2, -0.15) is 0 Å². The minimum absolute atomic E-state index is 0.163. The Morgan fingerprint density at radius 1 is 1.30 bits per heavy atom. The molecular weight excluding hydrogens is 292 g/mol. The fourth-order valence-corrected chi connectivity index (χ4v) is 3.75. The van der Waals surface area contributed by atoms with Gasteiger partial charge in [0.05, 0.1) is 6.61 Å². The number of hydrogen-bond acceptors (Lipinski definition) is 5. The van der Waals surface area contributed by atoms with Crippen molar-refractivity contribution in [3.8, 4) is 0 Å². The fourth-order valence-electron chi connectivity index (χ4n) is 3.75. The third-order valence-electron chi connectivity index (χ3n) is 4.98. The Kier molecular flexibility index (Phi) is 5.43. The second-order valence-electron chi connectivity index (χ2n) is 6.39. The summed E-state index contributed by atoms with van der Waals surface area (Å²) in [5.74, 6) is 0.509. The summed E-state index contributed by atoms with van der Waals surface area (Å²) in [6.45, 7) is 6.14. The monoisotopic (exact) mass is 318 g/mol. The first-order valence-corrected chi connectivity index (χ1v) is 8.69. The van der Waals surface area contributed by atoms with E-state index in [1.54, 1.807) is 6.33 Å². The number of ether oxygens (including phenoxy) is 1. The summed E-state index contributed by atoms with van der Waals surface area (Å²) in [6.07, 6.45) is 7.81. The molecule has 0 saturated carbocycles. The van der Waals surface area contributed by atoms with Gasteiger partial charge in [0.25, 0.3) is 0 Å². The van der Waals surface area contributed by atoms with Gasteiger partial charge < -0.3 is 9.64 Å². The Morgan fingerprint density at radius 3 is 2.83 bits per heavy atom. The van der Waals surface area contributed by atoms with Crippen molar-refractivity contribution in [3.63, 3.8) is 0 Å². The molecular formula is C17H26N4O2. The highest BCUT2D eigenvalue weighted by atomic mass is 16.6. The Morgan fingerprint density at radius 2 is 2.13 bits per heavy atom. The van der Waals surface area contributed by atoms with Crippen LogP contribution in [0.15, 0.2) is 18.6 Å². The van der Waals surface area contributed by atoms with Crippen molar-refractivity contribution in [1.29, 1.82) is 0 Å². The number of amides is 1. The zero-order valence-corrected chi connectivity index (χ0v) is 13.9. The maximum atomic E-state index is 11.8. The first-order valence-electron chi connectivity index (χ1n) is 8.69. The molecule has 0 spiro atoms. The van der Waals surface area contributed by atoms with E-state index in [0.29, 0.717) is 18.6 Å². The molecule has 2 aliphatic heterocycles. The van der Waals surface area contributed by atoms with Gasteiger partial charge in [0.1, 0.15) is 6.33 Å². The minimum Gasteiger partial charge on any atom is -0.450 e. The van der Waals surface area contributed by atoms with Crippen LogP contribution in [0, 0.1) is 0 Å². The number of likely N-dealkylation sites (tertiary alicyclic amines) is 2. The Balaban J connectivity index is 1.53. The van der Waals surface area contributed by atoms with Crippen LogP contribution in [0.3, 0.4) is 0 Å². The van der Waals surface area contributed by atoms with Gasteiger partial charge in [-0.05, 0) is 45.2 Å². The van der Waals surface area contributed by atoms with Crippen LogP contribution in [0.1, 0.15) is 44.2 Å². The number of piperidine rings is 2. The molecule has 1 atom stereocenters. The highest BCUT2D eigenvalue weighted by Crippen LogP contribution is 2.29. The molecule has 1 amide bonds. The largest absolute Gasteiger partial charge is 0.450 e. The molecule has 6 heteroatoms. The van der Waals surface area contributed by atoms with E-state index in [1.807, 2.05) is 24.1 Å². The van der Waals surface area contributed by atoms with E-state index < -0.39 is 0 Å². The highest BCUT2D eigenvalue weighted by Gasteiger charge is 2.31. The summed E-state index contributed by atoms with van der Waals surface area (Å²) in [7, 11) is 0. The van der Waals surface area contributed by atoms with Gasteiger partial charge in [0.2, 0.25) is 0 Å². The van der Waals surface area contributed by atoms with E-state index >= 15 is 0 Å². The van der Waals surface area contributed by atoms with Gasteiger partial charge >= 0.3 is 6.09 Å². The van der Waals surface area contributed by atoms with Gasteiger partial charge in [-0.15, -0.1) is 0 Å². The molecule has 3 heterocycles. The van der Waals surface area contributed by atoms with E-state index in [1.165, 1.54) is 12.8 Å². The van der Waals surface area contributed by atoms with Crippen molar-refractivity contribution >= 4 is 6.09 Å². The third kappa shape index (κ3) is 3.99. The molecule has 1 unspecified atom stereocenters. The lowest BCUT2D eigenvalue weighted by Gasteiger charge is -2.41. The SMILES string of the molecule is CCOC(=O)N1CCC(N2CCCC(c3ccncn3)C2)CC1. The van der Waals surface area contributed by atoms with E-state index in [0.717, 1.165) is 44.7 Å². The summed E-state index contributed by atoms with van der Waals surface area (Å²) in [5, 5.41) is 0. The maximum absolute atomic E-state index is 11.8. The zero-order chi connectivity index (χ0) is 16.1. The number of rotatable bonds is 3. The number of carbonyl (C=O) groups is 1. The van der Waals surface area contributed by atoms with Crippen LogP contribution in [0.25, 0.3) is 0 Å². The average molecular weight is 318 g/mol. The Hall–Kier alpha value is -1.69. The van der Waals surface area contributed by atoms with Gasteiger partial charge in [-0.25, -0.2) is 14.8 Å². The second-order valence-corrected chi connectivity index (χ2v) is 6.39. The standard InChI is InChI=1S/C17H26N4O2/c1-2-23-17(22)20-10-6-15(7-11-20)21-9-3-4-14(12-21)16-5-8-18-13-19-16/h5,8,13-15H,2-4,6-7,9-12H2,1H3.